The molecule has 0 aliphatic carbocycles. The number of aromatic nitrogens is 3. The van der Waals surface area contributed by atoms with Crippen LogP contribution in [0, 0.1) is 6.92 Å². The van der Waals surface area contributed by atoms with Crippen molar-refractivity contribution in [1.82, 2.24) is 9.78 Å². The number of nitrogens with one attached hydrogen (secondary N) is 1. The molecular weight excluding hydrogens is 374 g/mol. The van der Waals surface area contributed by atoms with Gasteiger partial charge in [-0.25, -0.2) is 4.68 Å². The van der Waals surface area contributed by atoms with E-state index in [1.807, 2.05) is 78.2 Å². The quantitative estimate of drug-likeness (QED) is 0.465. The third-order valence-corrected chi connectivity index (χ3v) is 5.48. The van der Waals surface area contributed by atoms with Crippen LogP contribution in [-0.2, 0) is 6.54 Å². The van der Waals surface area contributed by atoms with Gasteiger partial charge in [-0.1, -0.05) is 35.9 Å². The molecule has 2 heterocycles. The zero-order valence-corrected chi connectivity index (χ0v) is 16.9. The minimum atomic E-state index is -0.0619. The largest absolute Gasteiger partial charge is 0.497 e. The Morgan fingerprint density at radius 1 is 0.967 bits per heavy atom. The minimum absolute atomic E-state index is 0.0619. The summed E-state index contributed by atoms with van der Waals surface area (Å²) in [6.07, 6.45) is 2.05. The van der Waals surface area contributed by atoms with Gasteiger partial charge in [0.1, 0.15) is 11.3 Å². The number of fused-ring (bicyclic) bond motifs is 3. The summed E-state index contributed by atoms with van der Waals surface area (Å²) in [6.45, 7) is 2.63. The lowest BCUT2D eigenvalue weighted by molar-refractivity contribution is -0.661. The van der Waals surface area contributed by atoms with E-state index in [1.165, 1.54) is 0 Å². The molecule has 0 aliphatic rings. The minimum Gasteiger partial charge on any atom is -0.497 e. The maximum absolute atomic E-state index is 13.5. The van der Waals surface area contributed by atoms with Gasteiger partial charge in [0.05, 0.1) is 12.8 Å². The Hall–Kier alpha value is -3.86. The van der Waals surface area contributed by atoms with Crippen molar-refractivity contribution < 1.29 is 9.30 Å². The molecule has 0 saturated carbocycles. The first kappa shape index (κ1) is 18.2. The standard InChI is InChI=1S/C25H21N3O2/c1-17-7-11-20(12-8-17)28-25(29)24-23(26-28)22-6-4-3-5-19(22)16-27(24)15-18-9-13-21(30-2)14-10-18/h3-14,16H,15H2,1-2H3/p+1. The fourth-order valence-electron chi connectivity index (χ4n) is 3.88. The second kappa shape index (κ2) is 7.19. The predicted molar refractivity (Wildman–Crippen MR) is 118 cm³/mol. The molecule has 5 aromatic rings. The molecule has 0 unspecified atom stereocenters. The average Bonchev–Trinajstić information content (AvgIpc) is 3.13. The number of rotatable bonds is 4. The Morgan fingerprint density at radius 3 is 2.43 bits per heavy atom. The molecule has 148 valence electrons. The van der Waals surface area contributed by atoms with Crippen molar-refractivity contribution in [2.45, 2.75) is 13.5 Å². The highest BCUT2D eigenvalue weighted by Gasteiger charge is 2.22. The molecule has 1 N–H and O–H groups in total. The molecule has 0 radical (unpaired) electrons. The maximum atomic E-state index is 13.5. The number of hydrogen-bond acceptors (Lipinski definition) is 2. The number of methoxy groups -OCH3 is 1. The SMILES string of the molecule is COc1ccc(C[n+]2cc3ccccc3c3[nH]n(-c4ccc(C)cc4)c(=O)c32)cc1. The summed E-state index contributed by atoms with van der Waals surface area (Å²) in [4.78, 5) is 13.5. The maximum Gasteiger partial charge on any atom is 0.344 e. The van der Waals surface area contributed by atoms with Crippen LogP contribution in [0.15, 0.2) is 83.8 Å². The van der Waals surface area contributed by atoms with E-state index in [4.69, 9.17) is 4.74 Å². The normalized spacial score (nSPS) is 11.3. The highest BCUT2D eigenvalue weighted by atomic mass is 16.5. The molecule has 3 aromatic carbocycles. The van der Waals surface area contributed by atoms with E-state index in [1.54, 1.807) is 11.8 Å². The Labute approximate surface area is 173 Å². The Morgan fingerprint density at radius 2 is 1.70 bits per heavy atom. The number of aryl methyl sites for hydroxylation is 1. The molecule has 0 amide bonds. The van der Waals surface area contributed by atoms with Crippen LogP contribution in [0.1, 0.15) is 11.1 Å². The first-order chi connectivity index (χ1) is 14.6. The molecule has 0 spiro atoms. The number of H-pyrrole nitrogens is 1. The number of nitrogens with zero attached hydrogens (tertiary/aromatic N) is 2. The number of benzene rings is 3. The Kier molecular flexibility index (Phi) is 4.36. The molecule has 30 heavy (non-hydrogen) atoms. The summed E-state index contributed by atoms with van der Waals surface area (Å²) in [7, 11) is 1.66. The molecule has 0 bridgehead atoms. The third kappa shape index (κ3) is 3.05. The monoisotopic (exact) mass is 396 g/mol. The van der Waals surface area contributed by atoms with Crippen molar-refractivity contribution in [3.8, 4) is 11.4 Å². The summed E-state index contributed by atoms with van der Waals surface area (Å²) in [6, 6.07) is 24.0. The van der Waals surface area contributed by atoms with E-state index >= 15 is 0 Å². The molecule has 0 saturated heterocycles. The Bertz CT molecular complexity index is 1410. The van der Waals surface area contributed by atoms with Crippen molar-refractivity contribution in [3.05, 3.63) is 100 Å². The van der Waals surface area contributed by atoms with Gasteiger partial charge in [0, 0.05) is 16.3 Å². The fourth-order valence-corrected chi connectivity index (χ4v) is 3.88. The van der Waals surface area contributed by atoms with E-state index < -0.39 is 0 Å². The van der Waals surface area contributed by atoms with Gasteiger partial charge in [-0.15, -0.1) is 0 Å². The molecule has 5 nitrogen and oxygen atoms in total. The molecule has 5 heteroatoms. The summed E-state index contributed by atoms with van der Waals surface area (Å²) in [5, 5.41) is 5.46. The lowest BCUT2D eigenvalue weighted by atomic mass is 10.1. The number of pyridine rings is 1. The van der Waals surface area contributed by atoms with E-state index in [0.717, 1.165) is 38.9 Å². The number of aromatic amines is 1. The summed E-state index contributed by atoms with van der Waals surface area (Å²) in [5.41, 5.74) is 4.51. The van der Waals surface area contributed by atoms with Gasteiger partial charge in [-0.3, -0.25) is 9.89 Å². The van der Waals surface area contributed by atoms with Crippen LogP contribution in [0.25, 0.3) is 27.5 Å². The van der Waals surface area contributed by atoms with Crippen molar-refractivity contribution in [2.75, 3.05) is 7.11 Å². The van der Waals surface area contributed by atoms with Crippen LogP contribution in [0.3, 0.4) is 0 Å². The van der Waals surface area contributed by atoms with Gasteiger partial charge in [0.15, 0.2) is 12.7 Å². The summed E-state index contributed by atoms with van der Waals surface area (Å²) in [5.74, 6) is 0.816. The van der Waals surface area contributed by atoms with Crippen LogP contribution in [0.2, 0.25) is 0 Å². The average molecular weight is 396 g/mol. The van der Waals surface area contributed by atoms with E-state index in [-0.39, 0.29) is 5.56 Å². The second-order valence-electron chi connectivity index (χ2n) is 7.50. The van der Waals surface area contributed by atoms with Crippen LogP contribution in [0.4, 0.5) is 0 Å². The van der Waals surface area contributed by atoms with Crippen molar-refractivity contribution in [3.63, 3.8) is 0 Å². The summed E-state index contributed by atoms with van der Waals surface area (Å²) < 4.78 is 8.92. The smallest absolute Gasteiger partial charge is 0.344 e. The lowest BCUT2D eigenvalue weighted by Crippen LogP contribution is -2.38. The molecule has 0 fully saturated rings. The van der Waals surface area contributed by atoms with Crippen molar-refractivity contribution >= 4 is 21.8 Å². The predicted octanol–water partition coefficient (Wildman–Crippen LogP) is 4.12. The van der Waals surface area contributed by atoms with Crippen molar-refractivity contribution in [1.29, 1.82) is 0 Å². The zero-order valence-electron chi connectivity index (χ0n) is 16.9. The highest BCUT2D eigenvalue weighted by molar-refractivity contribution is 6.01. The van der Waals surface area contributed by atoms with Gasteiger partial charge < -0.3 is 4.74 Å². The van der Waals surface area contributed by atoms with Crippen LogP contribution in [0.5, 0.6) is 5.75 Å². The Balaban J connectivity index is 1.74. The second-order valence-corrected chi connectivity index (χ2v) is 7.50. The number of ether oxygens (including phenoxy) is 1. The fraction of sp³-hybridized carbons (Fsp3) is 0.120. The van der Waals surface area contributed by atoms with Crippen LogP contribution < -0.4 is 14.9 Å². The molecule has 0 atom stereocenters. The van der Waals surface area contributed by atoms with Gasteiger partial charge in [-0.2, -0.15) is 4.57 Å². The van der Waals surface area contributed by atoms with E-state index in [9.17, 15) is 4.79 Å². The molecule has 0 aliphatic heterocycles. The first-order valence-electron chi connectivity index (χ1n) is 9.90. The van der Waals surface area contributed by atoms with Gasteiger partial charge in [-0.05, 0) is 49.4 Å². The summed E-state index contributed by atoms with van der Waals surface area (Å²) >= 11 is 0. The molecule has 2 aromatic heterocycles. The number of hydrogen-bond donors (Lipinski definition) is 1. The highest BCUT2D eigenvalue weighted by Crippen LogP contribution is 2.21. The van der Waals surface area contributed by atoms with Crippen LogP contribution in [-0.4, -0.2) is 16.9 Å². The topological polar surface area (TPSA) is 50.9 Å². The molecular formula is C25H22N3O2+. The first-order valence-corrected chi connectivity index (χ1v) is 9.90. The van der Waals surface area contributed by atoms with Crippen molar-refractivity contribution in [2.24, 2.45) is 0 Å². The van der Waals surface area contributed by atoms with Gasteiger partial charge in [0.2, 0.25) is 0 Å². The van der Waals surface area contributed by atoms with E-state index in [0.29, 0.717) is 12.1 Å². The van der Waals surface area contributed by atoms with E-state index in [2.05, 4.69) is 17.4 Å². The molecule has 5 rings (SSSR count). The van der Waals surface area contributed by atoms with Crippen LogP contribution >= 0.6 is 0 Å². The zero-order chi connectivity index (χ0) is 20.7. The lowest BCUT2D eigenvalue weighted by Gasteiger charge is -2.03. The van der Waals surface area contributed by atoms with Gasteiger partial charge in [0.25, 0.3) is 5.52 Å². The third-order valence-electron chi connectivity index (χ3n) is 5.48. The van der Waals surface area contributed by atoms with Gasteiger partial charge >= 0.3 is 5.56 Å².